The van der Waals surface area contributed by atoms with E-state index in [1.165, 1.54) is 5.56 Å². The molecule has 0 aliphatic heterocycles. The van der Waals surface area contributed by atoms with E-state index in [1.807, 2.05) is 11.6 Å². The highest BCUT2D eigenvalue weighted by Crippen LogP contribution is 2.23. The minimum absolute atomic E-state index is 0.0198. The normalized spacial score (nSPS) is 12.6. The lowest BCUT2D eigenvalue weighted by Gasteiger charge is -2.17. The first kappa shape index (κ1) is 14.2. The molecule has 0 saturated heterocycles. The molecule has 19 heavy (non-hydrogen) atoms. The third-order valence-corrected chi connectivity index (χ3v) is 4.04. The van der Waals surface area contributed by atoms with Gasteiger partial charge in [-0.05, 0) is 31.0 Å². The van der Waals surface area contributed by atoms with Gasteiger partial charge in [0.2, 0.25) is 0 Å². The Balaban J connectivity index is 2.22. The third kappa shape index (κ3) is 3.20. The number of hydrogen-bond donors (Lipinski definition) is 2. The number of halogens is 1. The molecule has 2 rings (SSSR count). The lowest BCUT2D eigenvalue weighted by molar-refractivity contribution is 0.510. The molecular weight excluding hydrogens is 306 g/mol. The highest BCUT2D eigenvalue weighted by molar-refractivity contribution is 9.10. The molecule has 0 radical (unpaired) electrons. The molecule has 0 fully saturated rings. The molecule has 6 heteroatoms. The van der Waals surface area contributed by atoms with Crippen LogP contribution in [0.1, 0.15) is 29.9 Å². The van der Waals surface area contributed by atoms with Crippen molar-refractivity contribution < 1.29 is 0 Å². The second-order valence-corrected chi connectivity index (χ2v) is 5.28. The summed E-state index contributed by atoms with van der Waals surface area (Å²) in [5.74, 6) is 6.61. The first-order valence-electron chi connectivity index (χ1n) is 6.24. The second-order valence-electron chi connectivity index (χ2n) is 4.42. The summed E-state index contributed by atoms with van der Waals surface area (Å²) in [6.07, 6.45) is 2.29. The number of nitrogens with zero attached hydrogens (tertiary/aromatic N) is 3. The maximum Gasteiger partial charge on any atom is 0.138 e. The van der Waals surface area contributed by atoms with E-state index in [0.29, 0.717) is 6.42 Å². The fraction of sp³-hybridized carbons (Fsp3) is 0.385. The van der Waals surface area contributed by atoms with Gasteiger partial charge >= 0.3 is 0 Å². The largest absolute Gasteiger partial charge is 0.271 e. The topological polar surface area (TPSA) is 68.8 Å². The quantitative estimate of drug-likeness (QED) is 0.653. The number of aryl methyl sites for hydroxylation is 2. The summed E-state index contributed by atoms with van der Waals surface area (Å²) in [6, 6.07) is 6.27. The Morgan fingerprint density at radius 2 is 2.26 bits per heavy atom. The van der Waals surface area contributed by atoms with E-state index in [9.17, 15) is 0 Å². The van der Waals surface area contributed by atoms with Gasteiger partial charge in [0, 0.05) is 17.4 Å². The highest BCUT2D eigenvalue weighted by atomic mass is 79.9. The summed E-state index contributed by atoms with van der Waals surface area (Å²) in [5.41, 5.74) is 5.19. The predicted molar refractivity (Wildman–Crippen MR) is 78.3 cm³/mol. The number of benzene rings is 1. The van der Waals surface area contributed by atoms with Gasteiger partial charge in [-0.3, -0.25) is 16.0 Å². The molecule has 5 nitrogen and oxygen atoms in total. The Hall–Kier alpha value is -1.24. The van der Waals surface area contributed by atoms with Crippen LogP contribution in [0.15, 0.2) is 29.0 Å². The first-order chi connectivity index (χ1) is 9.15. The van der Waals surface area contributed by atoms with Gasteiger partial charge in [-0.2, -0.15) is 5.10 Å². The van der Waals surface area contributed by atoms with Gasteiger partial charge in [0.1, 0.15) is 12.2 Å². The Bertz CT molecular complexity index is 552. The van der Waals surface area contributed by atoms with Crippen molar-refractivity contribution in [1.82, 2.24) is 20.2 Å². The average Bonchev–Trinajstić information content (AvgIpc) is 2.86. The summed E-state index contributed by atoms with van der Waals surface area (Å²) in [4.78, 5) is 4.28. The molecule has 2 aromatic rings. The second kappa shape index (κ2) is 6.27. The zero-order chi connectivity index (χ0) is 13.8. The van der Waals surface area contributed by atoms with Crippen molar-refractivity contribution >= 4 is 15.9 Å². The van der Waals surface area contributed by atoms with Gasteiger partial charge in [-0.15, -0.1) is 0 Å². The van der Waals surface area contributed by atoms with Crippen molar-refractivity contribution in [3.8, 4) is 0 Å². The lowest BCUT2D eigenvalue weighted by Crippen LogP contribution is -2.30. The third-order valence-electron chi connectivity index (χ3n) is 3.18. The van der Waals surface area contributed by atoms with Gasteiger partial charge < -0.3 is 0 Å². The van der Waals surface area contributed by atoms with Crippen LogP contribution >= 0.6 is 15.9 Å². The first-order valence-corrected chi connectivity index (χ1v) is 7.03. The van der Waals surface area contributed by atoms with E-state index in [2.05, 4.69) is 56.6 Å². The van der Waals surface area contributed by atoms with Crippen LogP contribution in [0.25, 0.3) is 0 Å². The van der Waals surface area contributed by atoms with E-state index in [0.717, 1.165) is 22.4 Å². The Kier molecular flexibility index (Phi) is 4.68. The predicted octanol–water partition coefficient (Wildman–Crippen LogP) is 2.12. The van der Waals surface area contributed by atoms with E-state index >= 15 is 0 Å². The molecule has 1 atom stereocenters. The number of hydrogen-bond acceptors (Lipinski definition) is 4. The van der Waals surface area contributed by atoms with Crippen LogP contribution in [-0.2, 0) is 13.0 Å². The minimum atomic E-state index is 0.0198. The van der Waals surface area contributed by atoms with Crippen LogP contribution in [0.4, 0.5) is 0 Å². The van der Waals surface area contributed by atoms with Crippen molar-refractivity contribution in [1.29, 1.82) is 0 Å². The average molecular weight is 324 g/mol. The van der Waals surface area contributed by atoms with Gasteiger partial charge in [0.15, 0.2) is 0 Å². The van der Waals surface area contributed by atoms with Crippen LogP contribution in [0.5, 0.6) is 0 Å². The summed E-state index contributed by atoms with van der Waals surface area (Å²) < 4.78 is 2.97. The maximum atomic E-state index is 5.68. The van der Waals surface area contributed by atoms with Gasteiger partial charge in [-0.25, -0.2) is 4.98 Å². The van der Waals surface area contributed by atoms with Crippen molar-refractivity contribution in [3.63, 3.8) is 0 Å². The molecular formula is C13H18BrN5. The fourth-order valence-electron chi connectivity index (χ4n) is 1.99. The smallest absolute Gasteiger partial charge is 0.138 e. The molecule has 0 bridgehead atoms. The van der Waals surface area contributed by atoms with Crippen LogP contribution in [-0.4, -0.2) is 14.8 Å². The summed E-state index contributed by atoms with van der Waals surface area (Å²) in [6.45, 7) is 4.92. The molecule has 1 aromatic heterocycles. The molecule has 1 aromatic carbocycles. The molecule has 0 aliphatic carbocycles. The lowest BCUT2D eigenvalue weighted by atomic mass is 10.0. The molecule has 1 unspecified atom stereocenters. The number of rotatable bonds is 5. The maximum absolute atomic E-state index is 5.68. The van der Waals surface area contributed by atoms with Crippen molar-refractivity contribution in [2.75, 3.05) is 0 Å². The van der Waals surface area contributed by atoms with Crippen molar-refractivity contribution in [3.05, 3.63) is 46.0 Å². The van der Waals surface area contributed by atoms with Crippen molar-refractivity contribution in [2.24, 2.45) is 5.84 Å². The molecule has 3 N–H and O–H groups in total. The highest BCUT2D eigenvalue weighted by Gasteiger charge is 2.15. The molecule has 0 spiro atoms. The van der Waals surface area contributed by atoms with E-state index < -0.39 is 0 Å². The van der Waals surface area contributed by atoms with Gasteiger partial charge in [0.05, 0.1) is 6.04 Å². The van der Waals surface area contributed by atoms with Crippen LogP contribution < -0.4 is 11.3 Å². The molecule has 0 saturated carbocycles. The fourth-order valence-corrected chi connectivity index (χ4v) is 2.39. The molecule has 1 heterocycles. The molecule has 0 aliphatic rings. The zero-order valence-electron chi connectivity index (χ0n) is 11.1. The van der Waals surface area contributed by atoms with Gasteiger partial charge in [-0.1, -0.05) is 28.1 Å². The SMILES string of the molecule is CCn1ncnc1CC(NN)c1ccc(C)c(Br)c1. The number of nitrogens with one attached hydrogen (secondary N) is 1. The van der Waals surface area contributed by atoms with E-state index in [-0.39, 0.29) is 6.04 Å². The standard InChI is InChI=1S/C13H18BrN5/c1-3-19-13(16-8-17-19)7-12(18-15)10-5-4-9(2)11(14)6-10/h4-6,8,12,18H,3,7,15H2,1-2H3. The number of hydrazine groups is 1. The summed E-state index contributed by atoms with van der Waals surface area (Å²) in [7, 11) is 0. The van der Waals surface area contributed by atoms with E-state index in [4.69, 9.17) is 5.84 Å². The zero-order valence-corrected chi connectivity index (χ0v) is 12.7. The molecule has 102 valence electrons. The van der Waals surface area contributed by atoms with E-state index in [1.54, 1.807) is 6.33 Å². The molecule has 0 amide bonds. The number of aromatic nitrogens is 3. The number of nitrogens with two attached hydrogens (primary N) is 1. The summed E-state index contributed by atoms with van der Waals surface area (Å²) >= 11 is 3.55. The Morgan fingerprint density at radius 3 is 2.89 bits per heavy atom. The van der Waals surface area contributed by atoms with Crippen molar-refractivity contribution in [2.45, 2.75) is 32.9 Å². The van der Waals surface area contributed by atoms with Crippen LogP contribution in [0, 0.1) is 6.92 Å². The minimum Gasteiger partial charge on any atom is -0.271 e. The Morgan fingerprint density at radius 1 is 1.47 bits per heavy atom. The van der Waals surface area contributed by atoms with Crippen LogP contribution in [0.3, 0.4) is 0 Å². The monoisotopic (exact) mass is 323 g/mol. The summed E-state index contributed by atoms with van der Waals surface area (Å²) in [5, 5.41) is 4.18. The Labute approximate surface area is 121 Å². The van der Waals surface area contributed by atoms with Gasteiger partial charge in [0.25, 0.3) is 0 Å². The van der Waals surface area contributed by atoms with Crippen LogP contribution in [0.2, 0.25) is 0 Å².